The van der Waals surface area contributed by atoms with Crippen molar-refractivity contribution < 1.29 is 0 Å². The molecule has 1 aromatic heterocycles. The van der Waals surface area contributed by atoms with E-state index in [1.54, 1.807) is 0 Å². The third kappa shape index (κ3) is 4.36. The first-order chi connectivity index (χ1) is 8.77. The van der Waals surface area contributed by atoms with E-state index in [1.807, 2.05) is 19.3 Å². The van der Waals surface area contributed by atoms with Gasteiger partial charge in [0, 0.05) is 25.8 Å². The highest BCUT2D eigenvalue weighted by atomic mass is 35.5. The number of hydrogen-bond donors (Lipinski definition) is 1. The molecule has 0 radical (unpaired) electrons. The van der Waals surface area contributed by atoms with Crippen LogP contribution >= 0.6 is 11.6 Å². The molecule has 1 atom stereocenters. The van der Waals surface area contributed by atoms with E-state index < -0.39 is 0 Å². The summed E-state index contributed by atoms with van der Waals surface area (Å²) in [6.45, 7) is 12.7. The van der Waals surface area contributed by atoms with Gasteiger partial charge in [0.2, 0.25) is 0 Å². The molecule has 1 heterocycles. The Morgan fingerprint density at radius 2 is 2.05 bits per heavy atom. The Labute approximate surface area is 122 Å². The lowest BCUT2D eigenvalue weighted by Gasteiger charge is -2.36. The molecule has 0 spiro atoms. The molecule has 0 saturated carbocycles. The zero-order chi connectivity index (χ0) is 14.6. The molecular formula is C15H26ClN3. The van der Waals surface area contributed by atoms with Crippen molar-refractivity contribution >= 4 is 17.4 Å². The van der Waals surface area contributed by atoms with Crippen molar-refractivity contribution in [2.75, 3.05) is 18.5 Å². The van der Waals surface area contributed by atoms with Crippen molar-refractivity contribution in [2.24, 2.45) is 5.41 Å². The molecule has 0 bridgehead atoms. The summed E-state index contributed by atoms with van der Waals surface area (Å²) >= 11 is 6.37. The van der Waals surface area contributed by atoms with Crippen molar-refractivity contribution in [3.8, 4) is 0 Å². The smallest absolute Gasteiger partial charge is 0.147 e. The van der Waals surface area contributed by atoms with Crippen LogP contribution in [0.25, 0.3) is 0 Å². The number of rotatable bonds is 5. The van der Waals surface area contributed by atoms with E-state index in [2.05, 4.69) is 49.8 Å². The molecule has 19 heavy (non-hydrogen) atoms. The minimum atomic E-state index is 0.183. The third-order valence-corrected chi connectivity index (χ3v) is 3.90. The first-order valence-corrected chi connectivity index (χ1v) is 7.23. The second-order valence-corrected chi connectivity index (χ2v) is 6.49. The number of pyridine rings is 1. The van der Waals surface area contributed by atoms with Crippen molar-refractivity contribution in [1.29, 1.82) is 0 Å². The molecule has 3 nitrogen and oxygen atoms in total. The monoisotopic (exact) mass is 283 g/mol. The molecule has 4 heteroatoms. The zero-order valence-electron chi connectivity index (χ0n) is 12.9. The molecule has 0 saturated heterocycles. The van der Waals surface area contributed by atoms with Crippen LogP contribution < -0.4 is 10.2 Å². The van der Waals surface area contributed by atoms with Crippen molar-refractivity contribution in [2.45, 2.75) is 47.2 Å². The maximum absolute atomic E-state index is 6.37. The Bertz CT molecular complexity index is 412. The summed E-state index contributed by atoms with van der Waals surface area (Å²) in [4.78, 5) is 6.67. The van der Waals surface area contributed by atoms with Gasteiger partial charge in [-0.3, -0.25) is 0 Å². The molecular weight excluding hydrogens is 258 g/mol. The van der Waals surface area contributed by atoms with E-state index in [0.717, 1.165) is 24.5 Å². The summed E-state index contributed by atoms with van der Waals surface area (Å²) in [5, 5.41) is 3.99. The second kappa shape index (κ2) is 6.58. The number of nitrogens with one attached hydrogen (secondary N) is 1. The highest BCUT2D eigenvalue weighted by molar-refractivity contribution is 6.33. The Kier molecular flexibility index (Phi) is 5.63. The van der Waals surface area contributed by atoms with Gasteiger partial charge in [0.05, 0.1) is 5.02 Å². The highest BCUT2D eigenvalue weighted by Gasteiger charge is 2.25. The minimum absolute atomic E-state index is 0.183. The first-order valence-electron chi connectivity index (χ1n) is 6.85. The average molecular weight is 284 g/mol. The van der Waals surface area contributed by atoms with Gasteiger partial charge in [-0.15, -0.1) is 0 Å². The van der Waals surface area contributed by atoms with Crippen LogP contribution in [0.1, 0.15) is 40.2 Å². The SMILES string of the molecule is CCNCc1cnc(N(C)C(C)C(C)(C)C)c(Cl)c1. The summed E-state index contributed by atoms with van der Waals surface area (Å²) in [5.74, 6) is 0.851. The van der Waals surface area contributed by atoms with E-state index in [9.17, 15) is 0 Å². The fourth-order valence-electron chi connectivity index (χ4n) is 1.86. The van der Waals surface area contributed by atoms with Crippen LogP contribution in [-0.2, 0) is 6.54 Å². The lowest BCUT2D eigenvalue weighted by Crippen LogP contribution is -2.40. The van der Waals surface area contributed by atoms with Gasteiger partial charge < -0.3 is 10.2 Å². The van der Waals surface area contributed by atoms with Gasteiger partial charge in [-0.25, -0.2) is 4.98 Å². The molecule has 0 amide bonds. The molecule has 0 aliphatic heterocycles. The number of anilines is 1. The summed E-state index contributed by atoms with van der Waals surface area (Å²) < 4.78 is 0. The topological polar surface area (TPSA) is 28.2 Å². The molecule has 0 aliphatic rings. The van der Waals surface area contributed by atoms with Gasteiger partial charge in [0.15, 0.2) is 0 Å². The maximum Gasteiger partial charge on any atom is 0.147 e. The zero-order valence-corrected chi connectivity index (χ0v) is 13.7. The molecule has 1 unspecified atom stereocenters. The normalized spacial score (nSPS) is 13.4. The van der Waals surface area contributed by atoms with E-state index in [-0.39, 0.29) is 5.41 Å². The maximum atomic E-state index is 6.37. The minimum Gasteiger partial charge on any atom is -0.355 e. The van der Waals surface area contributed by atoms with E-state index in [1.165, 1.54) is 0 Å². The molecule has 0 aromatic carbocycles. The van der Waals surface area contributed by atoms with Crippen LogP contribution in [0.2, 0.25) is 5.02 Å². The van der Waals surface area contributed by atoms with Crippen LogP contribution in [0.3, 0.4) is 0 Å². The van der Waals surface area contributed by atoms with Crippen LogP contribution in [0.5, 0.6) is 0 Å². The molecule has 1 N–H and O–H groups in total. The number of aromatic nitrogens is 1. The standard InChI is InChI=1S/C15H26ClN3/c1-7-17-9-12-8-13(16)14(18-10-12)19(6)11(2)15(3,4)5/h8,10-11,17H,7,9H2,1-6H3. The van der Waals surface area contributed by atoms with Crippen molar-refractivity contribution in [3.63, 3.8) is 0 Å². The predicted octanol–water partition coefficient (Wildman–Crippen LogP) is 3.72. The average Bonchev–Trinajstić information content (AvgIpc) is 2.33. The summed E-state index contributed by atoms with van der Waals surface area (Å²) in [6.07, 6.45) is 1.90. The molecule has 1 aromatic rings. The second-order valence-electron chi connectivity index (χ2n) is 6.08. The van der Waals surface area contributed by atoms with E-state index in [0.29, 0.717) is 11.1 Å². The van der Waals surface area contributed by atoms with Crippen LogP contribution in [-0.4, -0.2) is 24.6 Å². The van der Waals surface area contributed by atoms with Gasteiger partial charge in [-0.2, -0.15) is 0 Å². The predicted molar refractivity (Wildman–Crippen MR) is 83.9 cm³/mol. The van der Waals surface area contributed by atoms with Crippen molar-refractivity contribution in [3.05, 3.63) is 22.8 Å². The summed E-state index contributed by atoms with van der Waals surface area (Å²) in [7, 11) is 2.05. The number of nitrogens with zero attached hydrogens (tertiary/aromatic N) is 2. The van der Waals surface area contributed by atoms with E-state index in [4.69, 9.17) is 11.6 Å². The van der Waals surface area contributed by atoms with Crippen LogP contribution in [0, 0.1) is 5.41 Å². The Morgan fingerprint density at radius 1 is 1.42 bits per heavy atom. The number of halogens is 1. The lowest BCUT2D eigenvalue weighted by atomic mass is 9.87. The Morgan fingerprint density at radius 3 is 2.53 bits per heavy atom. The van der Waals surface area contributed by atoms with Gasteiger partial charge in [-0.1, -0.05) is 39.3 Å². The van der Waals surface area contributed by atoms with E-state index >= 15 is 0 Å². The van der Waals surface area contributed by atoms with Crippen LogP contribution in [0.4, 0.5) is 5.82 Å². The first kappa shape index (κ1) is 16.3. The summed E-state index contributed by atoms with van der Waals surface area (Å²) in [6, 6.07) is 2.36. The quantitative estimate of drug-likeness (QED) is 0.893. The van der Waals surface area contributed by atoms with Gasteiger partial charge in [-0.05, 0) is 30.5 Å². The largest absolute Gasteiger partial charge is 0.355 e. The molecule has 0 fully saturated rings. The van der Waals surface area contributed by atoms with Gasteiger partial charge in [0.25, 0.3) is 0 Å². The van der Waals surface area contributed by atoms with Crippen LogP contribution in [0.15, 0.2) is 12.3 Å². The third-order valence-electron chi connectivity index (χ3n) is 3.63. The van der Waals surface area contributed by atoms with Crippen molar-refractivity contribution in [1.82, 2.24) is 10.3 Å². The fraction of sp³-hybridized carbons (Fsp3) is 0.667. The summed E-state index contributed by atoms with van der Waals surface area (Å²) in [5.41, 5.74) is 1.30. The Balaban J connectivity index is 2.90. The fourth-order valence-corrected chi connectivity index (χ4v) is 2.18. The molecule has 108 valence electrons. The number of hydrogen-bond acceptors (Lipinski definition) is 3. The van der Waals surface area contributed by atoms with Gasteiger partial charge >= 0.3 is 0 Å². The van der Waals surface area contributed by atoms with Gasteiger partial charge in [0.1, 0.15) is 5.82 Å². The highest BCUT2D eigenvalue weighted by Crippen LogP contribution is 2.30. The molecule has 0 aliphatic carbocycles. The lowest BCUT2D eigenvalue weighted by molar-refractivity contribution is 0.328. The Hall–Kier alpha value is -0.800. The molecule has 1 rings (SSSR count).